The molecule has 0 fully saturated rings. The van der Waals surface area contributed by atoms with Gasteiger partial charge in [-0.25, -0.2) is 9.59 Å². The van der Waals surface area contributed by atoms with Crippen LogP contribution in [0.4, 0.5) is 0 Å². The highest BCUT2D eigenvalue weighted by molar-refractivity contribution is 5.84. The van der Waals surface area contributed by atoms with E-state index in [9.17, 15) is 38.7 Å². The first-order valence-electron chi connectivity index (χ1n) is 22.6. The summed E-state index contributed by atoms with van der Waals surface area (Å²) in [6, 6.07) is -2.02. The second-order valence-corrected chi connectivity index (χ2v) is 15.1. The van der Waals surface area contributed by atoms with Gasteiger partial charge in [0.2, 0.25) is 23.6 Å². The van der Waals surface area contributed by atoms with E-state index in [1.807, 2.05) is 0 Å². The molecule has 0 rings (SSSR count). The van der Waals surface area contributed by atoms with Crippen LogP contribution in [-0.4, -0.2) is 135 Å². The number of hydrogen-bond donors (Lipinski definition) is 7. The highest BCUT2D eigenvalue weighted by atomic mass is 16.5. The zero-order valence-electron chi connectivity index (χ0n) is 36.8. The lowest BCUT2D eigenvalue weighted by Gasteiger charge is -2.14. The molecule has 7 N–H and O–H groups in total. The van der Waals surface area contributed by atoms with Crippen molar-refractivity contribution < 1.29 is 67.8 Å². The molecule has 18 heteroatoms. The molecule has 0 aliphatic carbocycles. The molecule has 0 aliphatic rings. The lowest BCUT2D eigenvalue weighted by molar-refractivity contribution is -0.142. The Labute approximate surface area is 362 Å². The third-order valence-electron chi connectivity index (χ3n) is 9.69. The molecule has 0 bridgehead atoms. The molecular weight excluding hydrogens is 796 g/mol. The minimum atomic E-state index is -1.18. The van der Waals surface area contributed by atoms with Crippen molar-refractivity contribution in [1.82, 2.24) is 21.3 Å². The van der Waals surface area contributed by atoms with Crippen LogP contribution < -0.4 is 21.3 Å². The van der Waals surface area contributed by atoms with E-state index < -0.39 is 30.0 Å². The van der Waals surface area contributed by atoms with E-state index in [1.54, 1.807) is 6.92 Å². The quantitative estimate of drug-likeness (QED) is 0.0416. The summed E-state index contributed by atoms with van der Waals surface area (Å²) in [4.78, 5) is 81.3. The number of unbranched alkanes of at least 4 members (excludes halogenated alkanes) is 15. The van der Waals surface area contributed by atoms with Crippen molar-refractivity contribution in [3.8, 4) is 0 Å². The zero-order chi connectivity index (χ0) is 45.2. The Balaban J connectivity index is 3.65. The van der Waals surface area contributed by atoms with Gasteiger partial charge in [0.15, 0.2) is 0 Å². The summed E-state index contributed by atoms with van der Waals surface area (Å²) >= 11 is 0. The molecule has 0 aromatic carbocycles. The molecule has 2 atom stereocenters. The molecule has 61 heavy (non-hydrogen) atoms. The average Bonchev–Trinajstić information content (AvgIpc) is 3.22. The van der Waals surface area contributed by atoms with Crippen molar-refractivity contribution in [3.63, 3.8) is 0 Å². The number of amides is 4. The Morgan fingerprint density at radius 3 is 1.26 bits per heavy atom. The molecule has 0 heterocycles. The van der Waals surface area contributed by atoms with Crippen LogP contribution in [-0.2, 0) is 52.5 Å². The van der Waals surface area contributed by atoms with Crippen LogP contribution in [0, 0.1) is 0 Å². The maximum atomic E-state index is 12.3. The van der Waals surface area contributed by atoms with Crippen LogP contribution in [0.2, 0.25) is 0 Å². The molecule has 0 unspecified atom stereocenters. The fraction of sp³-hybridized carbons (Fsp3) is 0.837. The minimum Gasteiger partial charge on any atom is -0.481 e. The SMILES string of the molecule is CC[C@H](NC(=O)CCCOCCOCCNC(=O)COCCOCCNC(=O)CC[C@H](NC(=O)CCCCCCCCCCCCCCCCCCC(=O)O)C(=O)O)C(=O)O. The highest BCUT2D eigenvalue weighted by Gasteiger charge is 2.21. The number of rotatable bonds is 45. The van der Waals surface area contributed by atoms with Gasteiger partial charge in [0.25, 0.3) is 0 Å². The minimum absolute atomic E-state index is 0.0256. The molecule has 18 nitrogen and oxygen atoms in total. The van der Waals surface area contributed by atoms with Gasteiger partial charge in [0.1, 0.15) is 18.7 Å². The molecular formula is C43H78N4O14. The molecule has 0 aromatic heterocycles. The van der Waals surface area contributed by atoms with Crippen molar-refractivity contribution in [3.05, 3.63) is 0 Å². The van der Waals surface area contributed by atoms with Gasteiger partial charge in [-0.3, -0.25) is 24.0 Å². The lowest BCUT2D eigenvalue weighted by atomic mass is 10.0. The van der Waals surface area contributed by atoms with E-state index in [0.29, 0.717) is 39.1 Å². The van der Waals surface area contributed by atoms with Gasteiger partial charge in [0, 0.05) is 45.4 Å². The van der Waals surface area contributed by atoms with E-state index in [2.05, 4.69) is 21.3 Å². The van der Waals surface area contributed by atoms with Crippen molar-refractivity contribution in [2.24, 2.45) is 0 Å². The van der Waals surface area contributed by atoms with Crippen LogP contribution in [0.5, 0.6) is 0 Å². The fourth-order valence-electron chi connectivity index (χ4n) is 6.15. The molecule has 4 amide bonds. The number of nitrogens with one attached hydrogen (secondary N) is 4. The summed E-state index contributed by atoms with van der Waals surface area (Å²) in [6.07, 6.45) is 19.2. The van der Waals surface area contributed by atoms with E-state index in [1.165, 1.54) is 57.8 Å². The normalized spacial score (nSPS) is 12.0. The van der Waals surface area contributed by atoms with Gasteiger partial charge < -0.3 is 55.5 Å². The first-order valence-corrected chi connectivity index (χ1v) is 22.6. The average molecular weight is 875 g/mol. The van der Waals surface area contributed by atoms with Crippen LogP contribution >= 0.6 is 0 Å². The van der Waals surface area contributed by atoms with Gasteiger partial charge in [-0.2, -0.15) is 0 Å². The van der Waals surface area contributed by atoms with Gasteiger partial charge in [0.05, 0.1) is 39.6 Å². The summed E-state index contributed by atoms with van der Waals surface area (Å²) < 4.78 is 21.4. The maximum Gasteiger partial charge on any atom is 0.326 e. The summed E-state index contributed by atoms with van der Waals surface area (Å²) in [5.74, 6) is -4.28. The number of aliphatic carboxylic acids is 3. The van der Waals surface area contributed by atoms with Crippen LogP contribution in [0.25, 0.3) is 0 Å². The Hall–Kier alpha value is -3.87. The molecule has 0 saturated heterocycles. The second kappa shape index (κ2) is 41.5. The van der Waals surface area contributed by atoms with Crippen LogP contribution in [0.15, 0.2) is 0 Å². The molecule has 354 valence electrons. The summed E-state index contributed by atoms with van der Waals surface area (Å²) in [6.45, 7) is 3.82. The predicted octanol–water partition coefficient (Wildman–Crippen LogP) is 4.50. The largest absolute Gasteiger partial charge is 0.481 e. The summed E-state index contributed by atoms with van der Waals surface area (Å²) in [5, 5.41) is 37.4. The van der Waals surface area contributed by atoms with Crippen molar-refractivity contribution >= 4 is 41.5 Å². The Bertz CT molecular complexity index is 1190. The number of carbonyl (C=O) groups excluding carboxylic acids is 4. The second-order valence-electron chi connectivity index (χ2n) is 15.1. The van der Waals surface area contributed by atoms with E-state index >= 15 is 0 Å². The maximum absolute atomic E-state index is 12.3. The fourth-order valence-corrected chi connectivity index (χ4v) is 6.15. The van der Waals surface area contributed by atoms with Crippen molar-refractivity contribution in [2.75, 3.05) is 65.9 Å². The number of carboxylic acid groups (broad SMARTS) is 3. The number of carboxylic acids is 3. The van der Waals surface area contributed by atoms with E-state index in [4.69, 9.17) is 29.2 Å². The zero-order valence-corrected chi connectivity index (χ0v) is 36.8. The monoisotopic (exact) mass is 875 g/mol. The lowest BCUT2D eigenvalue weighted by Crippen LogP contribution is -2.41. The summed E-state index contributed by atoms with van der Waals surface area (Å²) in [5.41, 5.74) is 0. The standard InChI is InChI=1S/C43H78N4O14/c1-2-35(42(54)55)46-39(50)21-19-27-58-30-31-59-29-26-45-40(51)34-61-33-32-60-28-25-44-37(48)24-23-36(43(56)57)47-38(49)20-17-15-13-11-9-7-5-3-4-6-8-10-12-14-16-18-22-41(52)53/h35-36H,2-34H2,1H3,(H,44,48)(H,45,51)(H,46,50)(H,47,49)(H,52,53)(H,54,55)(H,56,57)/t35-,36-/m0/s1. The third-order valence-corrected chi connectivity index (χ3v) is 9.69. The van der Waals surface area contributed by atoms with E-state index in [-0.39, 0.29) is 102 Å². The topological polar surface area (TPSA) is 265 Å². The first kappa shape index (κ1) is 57.1. The van der Waals surface area contributed by atoms with Gasteiger partial charge in [-0.15, -0.1) is 0 Å². The number of ether oxygens (including phenoxy) is 4. The Morgan fingerprint density at radius 2 is 0.803 bits per heavy atom. The summed E-state index contributed by atoms with van der Waals surface area (Å²) in [7, 11) is 0. The smallest absolute Gasteiger partial charge is 0.326 e. The first-order chi connectivity index (χ1) is 29.5. The molecule has 0 aromatic rings. The Morgan fingerprint density at radius 1 is 0.410 bits per heavy atom. The molecule has 0 spiro atoms. The van der Waals surface area contributed by atoms with Gasteiger partial charge in [-0.05, 0) is 32.1 Å². The van der Waals surface area contributed by atoms with E-state index in [0.717, 1.165) is 38.5 Å². The van der Waals surface area contributed by atoms with Crippen molar-refractivity contribution in [2.45, 2.75) is 167 Å². The molecule has 0 aliphatic heterocycles. The van der Waals surface area contributed by atoms with Crippen molar-refractivity contribution in [1.29, 1.82) is 0 Å². The number of carbonyl (C=O) groups is 7. The predicted molar refractivity (Wildman–Crippen MR) is 228 cm³/mol. The highest BCUT2D eigenvalue weighted by Crippen LogP contribution is 2.14. The Kier molecular flexibility index (Phi) is 38.8. The van der Waals surface area contributed by atoms with Gasteiger partial charge >= 0.3 is 17.9 Å². The molecule has 0 radical (unpaired) electrons. The van der Waals surface area contributed by atoms with Crippen LogP contribution in [0.3, 0.4) is 0 Å². The van der Waals surface area contributed by atoms with Gasteiger partial charge in [-0.1, -0.05) is 96.8 Å². The number of hydrogen-bond acceptors (Lipinski definition) is 11. The third kappa shape index (κ3) is 40.0. The molecule has 0 saturated carbocycles. The van der Waals surface area contributed by atoms with Crippen LogP contribution in [0.1, 0.15) is 155 Å².